The van der Waals surface area contributed by atoms with E-state index >= 15 is 0 Å². The van der Waals surface area contributed by atoms with Crippen LogP contribution in [0.3, 0.4) is 0 Å². The lowest BCUT2D eigenvalue weighted by Gasteiger charge is -2.40. The number of rotatable bonds is 1. The standard InChI is InChI=1S/C13H24O/c1-13(2)8-9-14-12(10-13)11-6-4-3-5-7-11/h11-12H,3-10H2,1-2H3. The fraction of sp³-hybridized carbons (Fsp3) is 1.00. The smallest absolute Gasteiger partial charge is 0.0608 e. The summed E-state index contributed by atoms with van der Waals surface area (Å²) in [7, 11) is 0. The Morgan fingerprint density at radius 3 is 2.43 bits per heavy atom. The van der Waals surface area contributed by atoms with Crippen molar-refractivity contribution >= 4 is 0 Å². The first-order chi connectivity index (χ1) is 6.67. The fourth-order valence-electron chi connectivity index (χ4n) is 3.00. The largest absolute Gasteiger partial charge is 0.378 e. The van der Waals surface area contributed by atoms with E-state index in [1.807, 2.05) is 0 Å². The predicted octanol–water partition coefficient (Wildman–Crippen LogP) is 3.77. The molecule has 0 bridgehead atoms. The second-order valence-electron chi connectivity index (χ2n) is 5.93. The van der Waals surface area contributed by atoms with E-state index in [9.17, 15) is 0 Å². The Morgan fingerprint density at radius 1 is 1.07 bits per heavy atom. The molecule has 0 aromatic rings. The molecule has 1 aliphatic carbocycles. The number of hydrogen-bond donors (Lipinski definition) is 0. The van der Waals surface area contributed by atoms with Gasteiger partial charge in [0.15, 0.2) is 0 Å². The second kappa shape index (κ2) is 4.22. The first-order valence-corrected chi connectivity index (χ1v) is 6.29. The van der Waals surface area contributed by atoms with E-state index in [4.69, 9.17) is 4.74 Å². The molecule has 1 heteroatoms. The molecule has 2 fully saturated rings. The molecule has 2 rings (SSSR count). The Hall–Kier alpha value is -0.0400. The molecule has 1 saturated heterocycles. The highest BCUT2D eigenvalue weighted by molar-refractivity contribution is 4.83. The maximum Gasteiger partial charge on any atom is 0.0608 e. The Bertz CT molecular complexity index is 180. The Kier molecular flexibility index (Phi) is 3.16. The van der Waals surface area contributed by atoms with Crippen molar-refractivity contribution in [3.05, 3.63) is 0 Å². The lowest BCUT2D eigenvalue weighted by molar-refractivity contribution is -0.0722. The van der Waals surface area contributed by atoms with Gasteiger partial charge in [0.05, 0.1) is 6.10 Å². The average molecular weight is 196 g/mol. The molecule has 1 nitrogen and oxygen atoms in total. The van der Waals surface area contributed by atoms with Crippen molar-refractivity contribution in [1.82, 2.24) is 0 Å². The van der Waals surface area contributed by atoms with Crippen molar-refractivity contribution in [1.29, 1.82) is 0 Å². The van der Waals surface area contributed by atoms with Crippen molar-refractivity contribution in [2.24, 2.45) is 11.3 Å². The van der Waals surface area contributed by atoms with Crippen LogP contribution in [0.5, 0.6) is 0 Å². The first-order valence-electron chi connectivity index (χ1n) is 6.29. The SMILES string of the molecule is CC1(C)CCOC(C2CCCCC2)C1. The van der Waals surface area contributed by atoms with Crippen molar-refractivity contribution in [2.75, 3.05) is 6.61 Å². The monoisotopic (exact) mass is 196 g/mol. The van der Waals surface area contributed by atoms with Crippen LogP contribution in [0.25, 0.3) is 0 Å². The van der Waals surface area contributed by atoms with Gasteiger partial charge >= 0.3 is 0 Å². The van der Waals surface area contributed by atoms with Crippen LogP contribution >= 0.6 is 0 Å². The Morgan fingerprint density at radius 2 is 1.79 bits per heavy atom. The van der Waals surface area contributed by atoms with Crippen molar-refractivity contribution in [2.45, 2.75) is 64.9 Å². The highest BCUT2D eigenvalue weighted by Gasteiger charge is 2.33. The van der Waals surface area contributed by atoms with Gasteiger partial charge in [-0.3, -0.25) is 0 Å². The van der Waals surface area contributed by atoms with E-state index in [0.29, 0.717) is 11.5 Å². The highest BCUT2D eigenvalue weighted by atomic mass is 16.5. The molecule has 1 heterocycles. The van der Waals surface area contributed by atoms with Gasteiger partial charge in [0.25, 0.3) is 0 Å². The molecule has 14 heavy (non-hydrogen) atoms. The van der Waals surface area contributed by atoms with Crippen LogP contribution < -0.4 is 0 Å². The van der Waals surface area contributed by atoms with Crippen LogP contribution in [-0.4, -0.2) is 12.7 Å². The summed E-state index contributed by atoms with van der Waals surface area (Å²) in [6.07, 6.45) is 10.3. The topological polar surface area (TPSA) is 9.23 Å². The molecule has 1 unspecified atom stereocenters. The summed E-state index contributed by atoms with van der Waals surface area (Å²) >= 11 is 0. The summed E-state index contributed by atoms with van der Waals surface area (Å²) in [4.78, 5) is 0. The summed E-state index contributed by atoms with van der Waals surface area (Å²) in [6.45, 7) is 5.78. The van der Waals surface area contributed by atoms with Crippen LogP contribution in [0.2, 0.25) is 0 Å². The van der Waals surface area contributed by atoms with Gasteiger partial charge in [0, 0.05) is 6.61 Å². The third-order valence-corrected chi connectivity index (χ3v) is 4.04. The molecular weight excluding hydrogens is 172 g/mol. The fourth-order valence-corrected chi connectivity index (χ4v) is 3.00. The third-order valence-electron chi connectivity index (χ3n) is 4.04. The van der Waals surface area contributed by atoms with E-state index in [2.05, 4.69) is 13.8 Å². The molecular formula is C13H24O. The van der Waals surface area contributed by atoms with Crippen LogP contribution in [-0.2, 0) is 4.74 Å². The molecule has 0 radical (unpaired) electrons. The lowest BCUT2D eigenvalue weighted by Crippen LogP contribution is -2.36. The minimum absolute atomic E-state index is 0.528. The molecule has 82 valence electrons. The highest BCUT2D eigenvalue weighted by Crippen LogP contribution is 2.39. The Balaban J connectivity index is 1.89. The van der Waals surface area contributed by atoms with Gasteiger partial charge < -0.3 is 4.74 Å². The minimum Gasteiger partial charge on any atom is -0.378 e. The summed E-state index contributed by atoms with van der Waals surface area (Å²) in [6, 6.07) is 0. The van der Waals surface area contributed by atoms with Gasteiger partial charge in [0.1, 0.15) is 0 Å². The number of hydrogen-bond acceptors (Lipinski definition) is 1. The van der Waals surface area contributed by atoms with E-state index in [0.717, 1.165) is 12.5 Å². The van der Waals surface area contributed by atoms with Crippen LogP contribution in [0.15, 0.2) is 0 Å². The molecule has 0 aromatic heterocycles. The van der Waals surface area contributed by atoms with Crippen LogP contribution in [0, 0.1) is 11.3 Å². The molecule has 1 aliphatic heterocycles. The third kappa shape index (κ3) is 2.50. The van der Waals surface area contributed by atoms with Gasteiger partial charge in [-0.2, -0.15) is 0 Å². The minimum atomic E-state index is 0.528. The average Bonchev–Trinajstić information content (AvgIpc) is 2.18. The molecule has 0 aromatic carbocycles. The van der Waals surface area contributed by atoms with E-state index in [1.54, 1.807) is 0 Å². The van der Waals surface area contributed by atoms with Gasteiger partial charge in [-0.05, 0) is 37.0 Å². The summed E-state index contributed by atoms with van der Waals surface area (Å²) < 4.78 is 5.95. The zero-order valence-corrected chi connectivity index (χ0v) is 9.72. The van der Waals surface area contributed by atoms with Gasteiger partial charge in [-0.25, -0.2) is 0 Å². The summed E-state index contributed by atoms with van der Waals surface area (Å²) in [5, 5.41) is 0. The van der Waals surface area contributed by atoms with Gasteiger partial charge in [-0.1, -0.05) is 33.1 Å². The quantitative estimate of drug-likeness (QED) is 0.620. The maximum absolute atomic E-state index is 5.95. The first kappa shape index (κ1) is 10.5. The normalized spacial score (nSPS) is 34.3. The van der Waals surface area contributed by atoms with Crippen LogP contribution in [0.1, 0.15) is 58.8 Å². The zero-order valence-electron chi connectivity index (χ0n) is 9.72. The zero-order chi connectivity index (χ0) is 10.0. The molecule has 1 atom stereocenters. The molecule has 0 spiro atoms. The van der Waals surface area contributed by atoms with Crippen molar-refractivity contribution < 1.29 is 4.74 Å². The molecule has 0 amide bonds. The van der Waals surface area contributed by atoms with E-state index in [-0.39, 0.29) is 0 Å². The molecule has 2 aliphatic rings. The van der Waals surface area contributed by atoms with E-state index < -0.39 is 0 Å². The maximum atomic E-state index is 5.95. The van der Waals surface area contributed by atoms with Gasteiger partial charge in [-0.15, -0.1) is 0 Å². The number of ether oxygens (including phenoxy) is 1. The van der Waals surface area contributed by atoms with Crippen LogP contribution in [0.4, 0.5) is 0 Å². The lowest BCUT2D eigenvalue weighted by atomic mass is 9.75. The second-order valence-corrected chi connectivity index (χ2v) is 5.93. The van der Waals surface area contributed by atoms with Crippen molar-refractivity contribution in [3.63, 3.8) is 0 Å². The predicted molar refractivity (Wildman–Crippen MR) is 59.3 cm³/mol. The summed E-state index contributed by atoms with van der Waals surface area (Å²) in [5.74, 6) is 0.878. The Labute approximate surface area is 88.2 Å². The summed E-state index contributed by atoms with van der Waals surface area (Å²) in [5.41, 5.74) is 0.528. The van der Waals surface area contributed by atoms with Gasteiger partial charge in [0.2, 0.25) is 0 Å². The molecule has 0 N–H and O–H groups in total. The molecule has 1 saturated carbocycles. The van der Waals surface area contributed by atoms with E-state index in [1.165, 1.54) is 44.9 Å². The van der Waals surface area contributed by atoms with Crippen molar-refractivity contribution in [3.8, 4) is 0 Å².